The highest BCUT2D eigenvalue weighted by Gasteiger charge is 2.24. The predicted molar refractivity (Wildman–Crippen MR) is 71.8 cm³/mol. The molecule has 0 saturated heterocycles. The van der Waals surface area contributed by atoms with Crippen molar-refractivity contribution < 1.29 is 5.21 Å². The van der Waals surface area contributed by atoms with Crippen LogP contribution in [0.4, 0.5) is 0 Å². The molecule has 2 aromatic heterocycles. The smallest absolute Gasteiger partial charge is 0.317 e. The Labute approximate surface area is 114 Å². The molecule has 0 amide bonds. The van der Waals surface area contributed by atoms with Gasteiger partial charge < -0.3 is 10.2 Å². The first-order valence-corrected chi connectivity index (χ1v) is 6.69. The van der Waals surface area contributed by atoms with Gasteiger partial charge in [0.2, 0.25) is 0 Å². The van der Waals surface area contributed by atoms with Crippen molar-refractivity contribution in [3.8, 4) is 0 Å². The van der Waals surface area contributed by atoms with Gasteiger partial charge in [-0.2, -0.15) is 5.10 Å². The monoisotopic (exact) mass is 279 g/mol. The number of nitrogens with zero attached hydrogens (tertiary/aromatic N) is 3. The number of nitrogens with one attached hydrogen (secondary N) is 2. The first-order chi connectivity index (χ1) is 9.61. The van der Waals surface area contributed by atoms with Gasteiger partial charge >= 0.3 is 5.69 Å². The number of hydrogen-bond acceptors (Lipinski definition) is 5. The van der Waals surface area contributed by atoms with E-state index < -0.39 is 11.7 Å². The Hall–Kier alpha value is -1.93. The van der Waals surface area contributed by atoms with Crippen molar-refractivity contribution in [3.63, 3.8) is 0 Å². The number of aromatic nitrogens is 4. The van der Waals surface area contributed by atoms with Crippen LogP contribution in [-0.4, -0.2) is 31.1 Å². The van der Waals surface area contributed by atoms with Gasteiger partial charge in [0.1, 0.15) is 0 Å². The summed E-state index contributed by atoms with van der Waals surface area (Å²) in [6.45, 7) is 2.51. The number of aromatic amines is 1. The van der Waals surface area contributed by atoms with Crippen molar-refractivity contribution >= 4 is 11.0 Å². The predicted octanol–water partition coefficient (Wildman–Crippen LogP) is -0.164. The van der Waals surface area contributed by atoms with Crippen LogP contribution in [-0.2, 0) is 6.54 Å². The van der Waals surface area contributed by atoms with E-state index >= 15 is 0 Å². The third kappa shape index (κ3) is 2.16. The highest BCUT2D eigenvalue weighted by Crippen LogP contribution is 2.30. The van der Waals surface area contributed by atoms with Gasteiger partial charge in [-0.05, 0) is 25.7 Å². The molecule has 1 atom stereocenters. The summed E-state index contributed by atoms with van der Waals surface area (Å²) in [5.41, 5.74) is 2.00. The van der Waals surface area contributed by atoms with Gasteiger partial charge in [0.05, 0.1) is 17.8 Å². The van der Waals surface area contributed by atoms with Crippen LogP contribution in [0.25, 0.3) is 11.0 Å². The second-order valence-electron chi connectivity index (χ2n) is 5.35. The molecule has 1 unspecified atom stereocenters. The molecule has 0 spiro atoms. The molecular formula is C12H17N5O3. The summed E-state index contributed by atoms with van der Waals surface area (Å²) in [6, 6.07) is -0.454. The van der Waals surface area contributed by atoms with Crippen molar-refractivity contribution in [1.82, 2.24) is 24.8 Å². The summed E-state index contributed by atoms with van der Waals surface area (Å²) in [7, 11) is 0. The molecule has 1 aliphatic carbocycles. The zero-order chi connectivity index (χ0) is 14.3. The first-order valence-electron chi connectivity index (χ1n) is 6.69. The fraction of sp³-hybridized carbons (Fsp3) is 0.583. The van der Waals surface area contributed by atoms with Gasteiger partial charge in [-0.15, -0.1) is 0 Å². The zero-order valence-electron chi connectivity index (χ0n) is 11.2. The quantitative estimate of drug-likeness (QED) is 0.659. The summed E-state index contributed by atoms with van der Waals surface area (Å²) in [6.07, 6.45) is 3.83. The van der Waals surface area contributed by atoms with Crippen LogP contribution in [0.2, 0.25) is 0 Å². The van der Waals surface area contributed by atoms with Gasteiger partial charge in [-0.25, -0.2) is 10.3 Å². The Morgan fingerprint density at radius 2 is 2.30 bits per heavy atom. The highest BCUT2D eigenvalue weighted by molar-refractivity contribution is 5.72. The van der Waals surface area contributed by atoms with Crippen molar-refractivity contribution in [3.05, 3.63) is 27.0 Å². The van der Waals surface area contributed by atoms with Crippen LogP contribution in [0.1, 0.15) is 25.8 Å². The van der Waals surface area contributed by atoms with Gasteiger partial charge in [-0.1, -0.05) is 0 Å². The molecular weight excluding hydrogens is 262 g/mol. The lowest BCUT2D eigenvalue weighted by Crippen LogP contribution is -2.40. The lowest BCUT2D eigenvalue weighted by atomic mass is 10.3. The molecule has 108 valence electrons. The zero-order valence-corrected chi connectivity index (χ0v) is 11.2. The summed E-state index contributed by atoms with van der Waals surface area (Å²) in [4.78, 5) is 27.2. The minimum atomic E-state index is -0.490. The van der Waals surface area contributed by atoms with E-state index in [1.54, 1.807) is 11.6 Å². The van der Waals surface area contributed by atoms with E-state index in [1.165, 1.54) is 6.20 Å². The Bertz CT molecular complexity index is 740. The summed E-state index contributed by atoms with van der Waals surface area (Å²) in [5, 5.41) is 12.9. The second-order valence-corrected chi connectivity index (χ2v) is 5.35. The lowest BCUT2D eigenvalue weighted by Gasteiger charge is -2.13. The number of hydroxylamine groups is 1. The van der Waals surface area contributed by atoms with E-state index in [2.05, 4.69) is 10.1 Å². The van der Waals surface area contributed by atoms with Gasteiger partial charge in [0, 0.05) is 13.1 Å². The van der Waals surface area contributed by atoms with E-state index in [0.717, 1.165) is 17.4 Å². The molecule has 8 heteroatoms. The minimum absolute atomic E-state index is 0.116. The lowest BCUT2D eigenvalue weighted by molar-refractivity contribution is 0.151. The summed E-state index contributed by atoms with van der Waals surface area (Å²) >= 11 is 0. The molecule has 2 heterocycles. The Kier molecular flexibility index (Phi) is 3.19. The van der Waals surface area contributed by atoms with Gasteiger partial charge in [-0.3, -0.25) is 14.0 Å². The van der Waals surface area contributed by atoms with Gasteiger partial charge in [0.15, 0.2) is 5.52 Å². The summed E-state index contributed by atoms with van der Waals surface area (Å²) in [5.74, 6) is 0.578. The molecule has 0 aliphatic heterocycles. The van der Waals surface area contributed by atoms with Crippen molar-refractivity contribution in [1.29, 1.82) is 0 Å². The average Bonchev–Trinajstić information content (AvgIpc) is 3.10. The number of H-pyrrole nitrogens is 1. The maximum atomic E-state index is 12.5. The summed E-state index contributed by atoms with van der Waals surface area (Å²) < 4.78 is 2.78. The molecule has 0 bridgehead atoms. The van der Waals surface area contributed by atoms with Crippen LogP contribution in [0.5, 0.6) is 0 Å². The maximum Gasteiger partial charge on any atom is 0.329 e. The number of rotatable bonds is 5. The fourth-order valence-corrected chi connectivity index (χ4v) is 2.39. The third-order valence-corrected chi connectivity index (χ3v) is 3.68. The van der Waals surface area contributed by atoms with E-state index in [9.17, 15) is 9.59 Å². The first kappa shape index (κ1) is 13.1. The molecule has 0 aromatic carbocycles. The molecule has 0 radical (unpaired) electrons. The third-order valence-electron chi connectivity index (χ3n) is 3.68. The SMILES string of the molecule is CC(CNO)n1c(=O)[nH]c2cnn(CC3CC3)c2c1=O. The van der Waals surface area contributed by atoms with E-state index in [1.807, 2.05) is 5.48 Å². The van der Waals surface area contributed by atoms with Crippen molar-refractivity contribution in [2.45, 2.75) is 32.4 Å². The molecule has 1 saturated carbocycles. The van der Waals surface area contributed by atoms with Crippen molar-refractivity contribution in [2.24, 2.45) is 5.92 Å². The molecule has 20 heavy (non-hydrogen) atoms. The molecule has 1 aliphatic rings. The molecule has 3 rings (SSSR count). The largest absolute Gasteiger partial charge is 0.329 e. The van der Waals surface area contributed by atoms with Crippen LogP contribution in [0, 0.1) is 5.92 Å². The molecule has 2 aromatic rings. The van der Waals surface area contributed by atoms with Crippen LogP contribution < -0.4 is 16.7 Å². The van der Waals surface area contributed by atoms with E-state index in [-0.39, 0.29) is 12.1 Å². The standard InChI is InChI=1S/C12H17N5O3/c1-7(4-14-20)17-11(18)10-9(15-12(17)19)5-13-16(10)6-8-2-3-8/h5,7-8,14,20H,2-4,6H2,1H3,(H,15,19). The Morgan fingerprint density at radius 3 is 2.95 bits per heavy atom. The van der Waals surface area contributed by atoms with E-state index in [0.29, 0.717) is 23.5 Å². The van der Waals surface area contributed by atoms with Gasteiger partial charge in [0.25, 0.3) is 5.56 Å². The van der Waals surface area contributed by atoms with Crippen LogP contribution in [0.3, 0.4) is 0 Å². The van der Waals surface area contributed by atoms with E-state index in [4.69, 9.17) is 5.21 Å². The van der Waals surface area contributed by atoms with Crippen LogP contribution >= 0.6 is 0 Å². The molecule has 8 nitrogen and oxygen atoms in total. The fourth-order valence-electron chi connectivity index (χ4n) is 2.39. The van der Waals surface area contributed by atoms with Crippen molar-refractivity contribution in [2.75, 3.05) is 6.54 Å². The minimum Gasteiger partial charge on any atom is -0.317 e. The topological polar surface area (TPSA) is 105 Å². The second kappa shape index (κ2) is 4.88. The number of fused-ring (bicyclic) bond motifs is 1. The Morgan fingerprint density at radius 1 is 1.55 bits per heavy atom. The highest BCUT2D eigenvalue weighted by atomic mass is 16.5. The number of hydrogen-bond donors (Lipinski definition) is 3. The molecule has 1 fully saturated rings. The average molecular weight is 279 g/mol. The van der Waals surface area contributed by atoms with Crippen LogP contribution in [0.15, 0.2) is 15.8 Å². The maximum absolute atomic E-state index is 12.5. The molecule has 3 N–H and O–H groups in total. The normalized spacial score (nSPS) is 16.7. The Balaban J connectivity index is 2.15.